The van der Waals surface area contributed by atoms with Crippen LogP contribution in [-0.2, 0) is 16.4 Å². The fourth-order valence-corrected chi connectivity index (χ4v) is 6.12. The number of para-hydroxylation sites is 1. The number of nitrogens with one attached hydrogen (secondary N) is 2. The van der Waals surface area contributed by atoms with E-state index in [2.05, 4.69) is 31.6 Å². The van der Waals surface area contributed by atoms with Crippen molar-refractivity contribution in [2.75, 3.05) is 31.4 Å². The van der Waals surface area contributed by atoms with Crippen LogP contribution in [-0.4, -0.2) is 55.9 Å². The Labute approximate surface area is 189 Å². The average molecular weight is 458 g/mol. The molecule has 0 atom stereocenters. The van der Waals surface area contributed by atoms with E-state index in [9.17, 15) is 8.42 Å². The third-order valence-electron chi connectivity index (χ3n) is 6.39. The molecule has 3 aromatic rings. The van der Waals surface area contributed by atoms with Crippen LogP contribution in [0.3, 0.4) is 0 Å². The number of aromatic amines is 1. The van der Waals surface area contributed by atoms with Crippen LogP contribution in [0.2, 0.25) is 0 Å². The smallest absolute Gasteiger partial charge is 0.211 e. The molecule has 0 amide bonds. The van der Waals surface area contributed by atoms with Crippen molar-refractivity contribution in [2.24, 2.45) is 5.92 Å². The van der Waals surface area contributed by atoms with Crippen LogP contribution in [0.4, 0.5) is 5.82 Å². The highest BCUT2D eigenvalue weighted by molar-refractivity contribution is 7.89. The molecule has 1 aliphatic rings. The number of aromatic nitrogens is 3. The average Bonchev–Trinajstić information content (AvgIpc) is 3.28. The lowest BCUT2D eigenvalue weighted by molar-refractivity contribution is 0.340. The Bertz CT molecular complexity index is 1140. The fourth-order valence-electron chi connectivity index (χ4n) is 4.63. The Morgan fingerprint density at radius 1 is 1.16 bits per heavy atom. The second-order valence-corrected chi connectivity index (χ2v) is 10.3. The van der Waals surface area contributed by atoms with Crippen molar-refractivity contribution >= 4 is 26.9 Å². The molecule has 0 unspecified atom stereocenters. The maximum atomic E-state index is 12.6. The number of hydrogen-bond donors (Lipinski definition) is 2. The molecule has 4 rings (SSSR count). The van der Waals surface area contributed by atoms with E-state index < -0.39 is 10.0 Å². The summed E-state index contributed by atoms with van der Waals surface area (Å²) in [4.78, 5) is 14.1. The van der Waals surface area contributed by atoms with Crippen molar-refractivity contribution in [2.45, 2.75) is 38.1 Å². The number of H-pyrrole nitrogens is 1. The second-order valence-electron chi connectivity index (χ2n) is 8.46. The molecule has 0 radical (unpaired) electrons. The number of nitrogens with zero attached hydrogens (tertiary/aromatic N) is 3. The van der Waals surface area contributed by atoms with Crippen molar-refractivity contribution in [3.8, 4) is 5.75 Å². The highest BCUT2D eigenvalue weighted by Crippen LogP contribution is 2.32. The van der Waals surface area contributed by atoms with Crippen LogP contribution in [0.1, 0.15) is 31.2 Å². The van der Waals surface area contributed by atoms with Crippen molar-refractivity contribution < 1.29 is 13.2 Å². The zero-order chi connectivity index (χ0) is 22.6. The van der Waals surface area contributed by atoms with E-state index in [0.717, 1.165) is 53.8 Å². The van der Waals surface area contributed by atoms with Gasteiger partial charge in [0, 0.05) is 25.8 Å². The summed E-state index contributed by atoms with van der Waals surface area (Å²) in [6.07, 6.45) is 7.75. The molecule has 0 aliphatic heterocycles. The van der Waals surface area contributed by atoms with Gasteiger partial charge in [0.25, 0.3) is 0 Å². The molecule has 0 bridgehead atoms. The van der Waals surface area contributed by atoms with Gasteiger partial charge in [0.05, 0.1) is 18.2 Å². The lowest BCUT2D eigenvalue weighted by Crippen LogP contribution is -2.38. The molecular weight excluding hydrogens is 426 g/mol. The lowest BCUT2D eigenvalue weighted by atomic mass is 9.86. The minimum atomic E-state index is -3.31. The van der Waals surface area contributed by atoms with Gasteiger partial charge in [0.15, 0.2) is 0 Å². The monoisotopic (exact) mass is 457 g/mol. The Hall–Kier alpha value is -2.65. The molecule has 0 saturated heterocycles. The minimum absolute atomic E-state index is 0.182. The van der Waals surface area contributed by atoms with E-state index in [-0.39, 0.29) is 11.7 Å². The first-order chi connectivity index (χ1) is 15.5. The maximum Gasteiger partial charge on any atom is 0.211 e. The summed E-state index contributed by atoms with van der Waals surface area (Å²) in [5.74, 6) is 2.08. The standard InChI is InChI=1S/C23H31N5O3S/c1-28(23-20-12-13-24-22(20)25-16-26-23)19-9-7-17(8-10-19)15-32(29,30)27-14-11-18-5-3-4-6-21(18)31-2/h3-6,12-13,16-17,19,27H,7-11,14-15H2,1-2H3,(H,24,25,26). The van der Waals surface area contributed by atoms with Crippen LogP contribution in [0.15, 0.2) is 42.9 Å². The van der Waals surface area contributed by atoms with Crippen LogP contribution in [0.25, 0.3) is 11.0 Å². The summed E-state index contributed by atoms with van der Waals surface area (Å²) >= 11 is 0. The number of rotatable bonds is 9. The molecule has 9 heteroatoms. The highest BCUT2D eigenvalue weighted by Gasteiger charge is 2.28. The van der Waals surface area contributed by atoms with Gasteiger partial charge in [-0.3, -0.25) is 0 Å². The van der Waals surface area contributed by atoms with E-state index in [1.165, 1.54) is 0 Å². The van der Waals surface area contributed by atoms with Crippen molar-refractivity contribution in [3.63, 3.8) is 0 Å². The van der Waals surface area contributed by atoms with Crippen LogP contribution >= 0.6 is 0 Å². The molecule has 1 fully saturated rings. The Kier molecular flexibility index (Phi) is 6.95. The number of hydrogen-bond acceptors (Lipinski definition) is 6. The van der Waals surface area contributed by atoms with Gasteiger partial charge in [0.2, 0.25) is 10.0 Å². The van der Waals surface area contributed by atoms with Gasteiger partial charge in [-0.15, -0.1) is 0 Å². The van der Waals surface area contributed by atoms with Crippen LogP contribution < -0.4 is 14.4 Å². The van der Waals surface area contributed by atoms with Gasteiger partial charge < -0.3 is 14.6 Å². The normalized spacial score (nSPS) is 19.2. The van der Waals surface area contributed by atoms with Gasteiger partial charge in [-0.2, -0.15) is 0 Å². The third-order valence-corrected chi connectivity index (χ3v) is 7.95. The van der Waals surface area contributed by atoms with Crippen LogP contribution in [0.5, 0.6) is 5.75 Å². The molecule has 2 aromatic heterocycles. The quantitative estimate of drug-likeness (QED) is 0.512. The predicted octanol–water partition coefficient (Wildman–Crippen LogP) is 3.12. The predicted molar refractivity (Wildman–Crippen MR) is 127 cm³/mol. The zero-order valence-electron chi connectivity index (χ0n) is 18.6. The number of ether oxygens (including phenoxy) is 1. The van der Waals surface area contributed by atoms with Crippen molar-refractivity contribution in [3.05, 3.63) is 48.4 Å². The number of benzene rings is 1. The Balaban J connectivity index is 1.27. The summed E-state index contributed by atoms with van der Waals surface area (Å²) in [6.45, 7) is 0.376. The Morgan fingerprint density at radius 2 is 1.94 bits per heavy atom. The lowest BCUT2D eigenvalue weighted by Gasteiger charge is -2.35. The first kappa shape index (κ1) is 22.5. The topological polar surface area (TPSA) is 100 Å². The SMILES string of the molecule is COc1ccccc1CCNS(=O)(=O)CC1CCC(N(C)c2ncnc3[nH]ccc23)CC1. The van der Waals surface area contributed by atoms with Gasteiger partial charge in [-0.05, 0) is 55.7 Å². The summed E-state index contributed by atoms with van der Waals surface area (Å²) in [7, 11) is 0.382. The molecule has 1 aliphatic carbocycles. The molecule has 1 saturated carbocycles. The molecule has 0 spiro atoms. The summed E-state index contributed by atoms with van der Waals surface area (Å²) in [5, 5.41) is 1.01. The minimum Gasteiger partial charge on any atom is -0.496 e. The molecular formula is C23H31N5O3S. The molecule has 2 N–H and O–H groups in total. The fraction of sp³-hybridized carbons (Fsp3) is 0.478. The van der Waals surface area contributed by atoms with Crippen LogP contribution in [0, 0.1) is 5.92 Å². The number of anilines is 1. The van der Waals surface area contributed by atoms with Gasteiger partial charge >= 0.3 is 0 Å². The highest BCUT2D eigenvalue weighted by atomic mass is 32.2. The first-order valence-corrected chi connectivity index (χ1v) is 12.7. The summed E-state index contributed by atoms with van der Waals surface area (Å²) < 4.78 is 33.4. The molecule has 172 valence electrons. The number of sulfonamides is 1. The van der Waals surface area contributed by atoms with E-state index in [4.69, 9.17) is 4.74 Å². The van der Waals surface area contributed by atoms with E-state index >= 15 is 0 Å². The largest absolute Gasteiger partial charge is 0.496 e. The summed E-state index contributed by atoms with van der Waals surface area (Å²) in [5.41, 5.74) is 1.84. The number of methoxy groups -OCH3 is 1. The van der Waals surface area contributed by atoms with E-state index in [0.29, 0.717) is 19.0 Å². The second kappa shape index (κ2) is 9.87. The number of fused-ring (bicyclic) bond motifs is 1. The van der Waals surface area contributed by atoms with E-state index in [1.807, 2.05) is 36.5 Å². The molecule has 8 nitrogen and oxygen atoms in total. The molecule has 2 heterocycles. The van der Waals surface area contributed by atoms with Gasteiger partial charge in [-0.1, -0.05) is 18.2 Å². The third kappa shape index (κ3) is 5.21. The first-order valence-electron chi connectivity index (χ1n) is 11.1. The van der Waals surface area contributed by atoms with Gasteiger partial charge in [0.1, 0.15) is 23.5 Å². The zero-order valence-corrected chi connectivity index (χ0v) is 19.4. The maximum absolute atomic E-state index is 12.6. The van der Waals surface area contributed by atoms with Crippen molar-refractivity contribution in [1.82, 2.24) is 19.7 Å². The Morgan fingerprint density at radius 3 is 2.72 bits per heavy atom. The van der Waals surface area contributed by atoms with Gasteiger partial charge in [-0.25, -0.2) is 23.1 Å². The molecule has 1 aromatic carbocycles. The molecule has 32 heavy (non-hydrogen) atoms. The summed E-state index contributed by atoms with van der Waals surface area (Å²) in [6, 6.07) is 10.0. The van der Waals surface area contributed by atoms with Crippen molar-refractivity contribution in [1.29, 1.82) is 0 Å². The van der Waals surface area contributed by atoms with E-state index in [1.54, 1.807) is 13.4 Å².